The smallest absolute Gasteiger partial charge is 0.103 e. The van der Waals surface area contributed by atoms with Crippen molar-refractivity contribution >= 4 is 22.9 Å². The maximum absolute atomic E-state index is 5.80. The summed E-state index contributed by atoms with van der Waals surface area (Å²) in [5.74, 6) is 0.925. The molecule has 0 saturated heterocycles. The highest BCUT2D eigenvalue weighted by Crippen LogP contribution is 2.29. The summed E-state index contributed by atoms with van der Waals surface area (Å²) in [5, 5.41) is 0. The van der Waals surface area contributed by atoms with Gasteiger partial charge in [-0.15, -0.1) is 11.3 Å². The summed E-state index contributed by atoms with van der Waals surface area (Å²) in [6.45, 7) is 1.93. The van der Waals surface area contributed by atoms with E-state index in [0.717, 1.165) is 20.7 Å². The van der Waals surface area contributed by atoms with Crippen molar-refractivity contribution in [1.82, 2.24) is 9.97 Å². The van der Waals surface area contributed by atoms with Gasteiger partial charge in [-0.1, -0.05) is 11.6 Å². The van der Waals surface area contributed by atoms with E-state index in [1.165, 1.54) is 0 Å². The van der Waals surface area contributed by atoms with Crippen LogP contribution in [0.4, 0.5) is 0 Å². The topological polar surface area (TPSA) is 28.7 Å². The van der Waals surface area contributed by atoms with Crippen LogP contribution >= 0.6 is 22.9 Å². The SMILES string of the molecule is Cc1ncc(-c2ccc(Cl)s2)[nH]1. The van der Waals surface area contributed by atoms with E-state index in [1.807, 2.05) is 25.3 Å². The van der Waals surface area contributed by atoms with Gasteiger partial charge < -0.3 is 4.98 Å². The minimum absolute atomic E-state index is 0.803. The van der Waals surface area contributed by atoms with E-state index in [4.69, 9.17) is 11.6 Å². The van der Waals surface area contributed by atoms with E-state index in [9.17, 15) is 0 Å². The Balaban J connectivity index is 2.43. The van der Waals surface area contributed by atoms with E-state index >= 15 is 0 Å². The van der Waals surface area contributed by atoms with Crippen LogP contribution in [-0.2, 0) is 0 Å². The van der Waals surface area contributed by atoms with Crippen LogP contribution in [0.5, 0.6) is 0 Å². The lowest BCUT2D eigenvalue weighted by molar-refractivity contribution is 1.15. The third kappa shape index (κ3) is 1.38. The molecule has 0 unspecified atom stereocenters. The van der Waals surface area contributed by atoms with Crippen LogP contribution in [0.2, 0.25) is 4.34 Å². The molecule has 0 aromatic carbocycles. The molecule has 0 bridgehead atoms. The Hall–Kier alpha value is -0.800. The van der Waals surface area contributed by atoms with Crippen LogP contribution in [0.15, 0.2) is 18.3 Å². The molecule has 62 valence electrons. The Kier molecular flexibility index (Phi) is 1.90. The molecule has 2 nitrogen and oxygen atoms in total. The number of H-pyrrole nitrogens is 1. The Labute approximate surface area is 79.2 Å². The molecule has 0 aliphatic heterocycles. The van der Waals surface area contributed by atoms with Crippen LogP contribution in [0.3, 0.4) is 0 Å². The fraction of sp³-hybridized carbons (Fsp3) is 0.125. The summed E-state index contributed by atoms with van der Waals surface area (Å²) in [6, 6.07) is 3.87. The number of imidazole rings is 1. The molecule has 2 rings (SSSR count). The van der Waals surface area contributed by atoms with E-state index in [2.05, 4.69) is 9.97 Å². The van der Waals surface area contributed by atoms with Crippen LogP contribution < -0.4 is 0 Å². The number of aromatic amines is 1. The number of nitrogens with one attached hydrogen (secondary N) is 1. The van der Waals surface area contributed by atoms with E-state index in [1.54, 1.807) is 11.3 Å². The highest BCUT2D eigenvalue weighted by molar-refractivity contribution is 7.19. The minimum Gasteiger partial charge on any atom is -0.342 e. The van der Waals surface area contributed by atoms with Gasteiger partial charge in [0.25, 0.3) is 0 Å². The summed E-state index contributed by atoms with van der Waals surface area (Å²) >= 11 is 7.35. The summed E-state index contributed by atoms with van der Waals surface area (Å²) in [4.78, 5) is 8.38. The molecule has 0 radical (unpaired) electrons. The molecule has 2 aromatic rings. The lowest BCUT2D eigenvalue weighted by Crippen LogP contribution is -1.71. The molecule has 0 saturated carbocycles. The molecular weight excluding hydrogens is 192 g/mol. The molecular formula is C8H7ClN2S. The zero-order valence-electron chi connectivity index (χ0n) is 6.47. The van der Waals surface area contributed by atoms with Crippen molar-refractivity contribution in [2.75, 3.05) is 0 Å². The first-order chi connectivity index (χ1) is 5.75. The largest absolute Gasteiger partial charge is 0.342 e. The van der Waals surface area contributed by atoms with Gasteiger partial charge >= 0.3 is 0 Å². The monoisotopic (exact) mass is 198 g/mol. The number of hydrogen-bond donors (Lipinski definition) is 1. The predicted octanol–water partition coefficient (Wildman–Crippen LogP) is 3.10. The first-order valence-electron chi connectivity index (χ1n) is 3.53. The lowest BCUT2D eigenvalue weighted by atomic mass is 10.4. The highest BCUT2D eigenvalue weighted by Gasteiger charge is 2.02. The molecule has 0 spiro atoms. The van der Waals surface area contributed by atoms with Crippen LogP contribution in [0.1, 0.15) is 5.82 Å². The number of thiophene rings is 1. The van der Waals surface area contributed by atoms with Crippen molar-refractivity contribution in [3.63, 3.8) is 0 Å². The van der Waals surface area contributed by atoms with Crippen molar-refractivity contribution in [2.24, 2.45) is 0 Å². The highest BCUT2D eigenvalue weighted by atomic mass is 35.5. The van der Waals surface area contributed by atoms with E-state index in [0.29, 0.717) is 0 Å². The van der Waals surface area contributed by atoms with Gasteiger partial charge in [0.05, 0.1) is 21.1 Å². The first kappa shape index (κ1) is 7.83. The quantitative estimate of drug-likeness (QED) is 0.750. The number of halogens is 1. The summed E-state index contributed by atoms with van der Waals surface area (Å²) in [7, 11) is 0. The second-order valence-corrected chi connectivity index (χ2v) is 4.20. The Morgan fingerprint density at radius 3 is 2.83 bits per heavy atom. The van der Waals surface area contributed by atoms with Crippen LogP contribution in [0, 0.1) is 6.92 Å². The van der Waals surface area contributed by atoms with Crippen LogP contribution in [0.25, 0.3) is 10.6 Å². The third-order valence-corrected chi connectivity index (χ3v) is 2.81. The number of hydrogen-bond acceptors (Lipinski definition) is 2. The number of nitrogens with zero attached hydrogens (tertiary/aromatic N) is 1. The number of aryl methyl sites for hydroxylation is 1. The molecule has 12 heavy (non-hydrogen) atoms. The normalized spacial score (nSPS) is 10.5. The van der Waals surface area contributed by atoms with Gasteiger partial charge in [-0.05, 0) is 19.1 Å². The van der Waals surface area contributed by atoms with Gasteiger partial charge in [0, 0.05) is 0 Å². The second-order valence-electron chi connectivity index (χ2n) is 2.49. The molecule has 0 aliphatic rings. The maximum atomic E-state index is 5.80. The molecule has 0 amide bonds. The molecule has 1 N–H and O–H groups in total. The van der Waals surface area contributed by atoms with Gasteiger partial charge in [-0.2, -0.15) is 0 Å². The van der Waals surface area contributed by atoms with E-state index < -0.39 is 0 Å². The molecule has 2 heterocycles. The second kappa shape index (κ2) is 2.92. The maximum Gasteiger partial charge on any atom is 0.103 e. The first-order valence-corrected chi connectivity index (χ1v) is 4.72. The van der Waals surface area contributed by atoms with Crippen molar-refractivity contribution in [3.8, 4) is 10.6 Å². The molecule has 4 heteroatoms. The average molecular weight is 199 g/mol. The van der Waals surface area contributed by atoms with Crippen LogP contribution in [-0.4, -0.2) is 9.97 Å². The number of rotatable bonds is 1. The molecule has 0 fully saturated rings. The molecule has 0 atom stereocenters. The standard InChI is InChI=1S/C8H7ClN2S/c1-5-10-4-6(11-5)7-2-3-8(9)12-7/h2-4H,1H3,(H,10,11). The van der Waals surface area contributed by atoms with Crippen molar-refractivity contribution in [1.29, 1.82) is 0 Å². The summed E-state index contributed by atoms with van der Waals surface area (Å²) < 4.78 is 0.803. The Morgan fingerprint density at radius 1 is 1.50 bits per heavy atom. The molecule has 0 aliphatic carbocycles. The van der Waals surface area contributed by atoms with Crippen molar-refractivity contribution < 1.29 is 0 Å². The summed E-state index contributed by atoms with van der Waals surface area (Å²) in [6.07, 6.45) is 1.82. The zero-order chi connectivity index (χ0) is 8.55. The van der Waals surface area contributed by atoms with E-state index in [-0.39, 0.29) is 0 Å². The van der Waals surface area contributed by atoms with Gasteiger partial charge in [-0.3, -0.25) is 0 Å². The minimum atomic E-state index is 0.803. The summed E-state index contributed by atoms with van der Waals surface area (Å²) in [5.41, 5.74) is 1.03. The zero-order valence-corrected chi connectivity index (χ0v) is 8.04. The Morgan fingerprint density at radius 2 is 2.33 bits per heavy atom. The average Bonchev–Trinajstić information content (AvgIpc) is 2.58. The van der Waals surface area contributed by atoms with Gasteiger partial charge in [-0.25, -0.2) is 4.98 Å². The van der Waals surface area contributed by atoms with Gasteiger partial charge in [0.15, 0.2) is 0 Å². The predicted molar refractivity (Wildman–Crippen MR) is 51.6 cm³/mol. The Bertz CT molecular complexity index is 353. The molecule has 2 aromatic heterocycles. The fourth-order valence-electron chi connectivity index (χ4n) is 1.01. The van der Waals surface area contributed by atoms with Gasteiger partial charge in [0.2, 0.25) is 0 Å². The third-order valence-electron chi connectivity index (χ3n) is 1.54. The van der Waals surface area contributed by atoms with Gasteiger partial charge in [0.1, 0.15) is 5.82 Å². The lowest BCUT2D eigenvalue weighted by Gasteiger charge is -1.87. The van der Waals surface area contributed by atoms with Crippen molar-refractivity contribution in [3.05, 3.63) is 28.5 Å². The number of aromatic nitrogens is 2. The van der Waals surface area contributed by atoms with Crippen molar-refractivity contribution in [2.45, 2.75) is 6.92 Å². The fourth-order valence-corrected chi connectivity index (χ4v) is 2.01.